The van der Waals surface area contributed by atoms with Crippen LogP contribution in [-0.2, 0) is 4.74 Å². The Labute approximate surface area is 95.0 Å². The smallest absolute Gasteiger partial charge is 0.198 e. The summed E-state index contributed by atoms with van der Waals surface area (Å²) in [5, 5.41) is 3.28. The summed E-state index contributed by atoms with van der Waals surface area (Å²) in [6.45, 7) is 7.06. The Bertz CT molecular complexity index is 261. The minimum atomic E-state index is 0.388. The van der Waals surface area contributed by atoms with E-state index in [0.717, 1.165) is 13.1 Å². The van der Waals surface area contributed by atoms with E-state index >= 15 is 0 Å². The van der Waals surface area contributed by atoms with Gasteiger partial charge in [0.15, 0.2) is 11.1 Å². The van der Waals surface area contributed by atoms with Crippen molar-refractivity contribution in [2.24, 2.45) is 10.7 Å². The predicted octanol–water partition coefficient (Wildman–Crippen LogP) is -0.306. The minimum absolute atomic E-state index is 0.388. The number of guanidine groups is 1. The van der Waals surface area contributed by atoms with Gasteiger partial charge in [-0.1, -0.05) is 6.08 Å². The molecule has 1 heterocycles. The van der Waals surface area contributed by atoms with Crippen LogP contribution in [0.25, 0.3) is 0 Å². The van der Waals surface area contributed by atoms with E-state index in [2.05, 4.69) is 16.9 Å². The summed E-state index contributed by atoms with van der Waals surface area (Å²) in [5.41, 5.74) is 5.79. The molecular formula is C9H16N4OS. The van der Waals surface area contributed by atoms with Gasteiger partial charge in [-0.05, 0) is 12.2 Å². The first-order valence-electron chi connectivity index (χ1n) is 4.79. The lowest BCUT2D eigenvalue weighted by Crippen LogP contribution is -2.45. The van der Waals surface area contributed by atoms with Gasteiger partial charge >= 0.3 is 0 Å². The minimum Gasteiger partial charge on any atom is -0.378 e. The Morgan fingerprint density at radius 1 is 1.60 bits per heavy atom. The number of hydrogen-bond acceptors (Lipinski definition) is 2. The third kappa shape index (κ3) is 4.26. The monoisotopic (exact) mass is 228 g/mol. The van der Waals surface area contributed by atoms with Crippen molar-refractivity contribution in [2.45, 2.75) is 0 Å². The standard InChI is InChI=1S/C9H16N4OS/c1-2-3-11-9(15)12-8(10)13-4-6-14-7-5-13/h2H,1,3-7H2,(H3,10,11,12,15). The first-order valence-corrected chi connectivity index (χ1v) is 5.20. The van der Waals surface area contributed by atoms with E-state index in [1.54, 1.807) is 6.08 Å². The Hall–Kier alpha value is -1.14. The Morgan fingerprint density at radius 3 is 2.87 bits per heavy atom. The van der Waals surface area contributed by atoms with E-state index in [1.165, 1.54) is 0 Å². The molecule has 15 heavy (non-hydrogen) atoms. The molecule has 0 spiro atoms. The van der Waals surface area contributed by atoms with Gasteiger partial charge in [0.2, 0.25) is 0 Å². The molecule has 0 atom stereocenters. The molecule has 0 aromatic rings. The number of hydrogen-bond donors (Lipinski definition) is 2. The summed E-state index contributed by atoms with van der Waals surface area (Å²) in [5.74, 6) is 0.444. The highest BCUT2D eigenvalue weighted by Gasteiger charge is 2.12. The van der Waals surface area contributed by atoms with Crippen LogP contribution in [0.15, 0.2) is 17.6 Å². The zero-order valence-electron chi connectivity index (χ0n) is 8.61. The summed E-state index contributed by atoms with van der Waals surface area (Å²) in [6, 6.07) is 0. The van der Waals surface area contributed by atoms with Crippen molar-refractivity contribution >= 4 is 23.3 Å². The lowest BCUT2D eigenvalue weighted by atomic mass is 10.4. The highest BCUT2D eigenvalue weighted by Crippen LogP contribution is 1.96. The number of ether oxygens (including phenoxy) is 1. The zero-order chi connectivity index (χ0) is 11.1. The molecule has 0 aliphatic carbocycles. The molecule has 0 saturated carbocycles. The number of nitrogens with two attached hydrogens (primary N) is 1. The number of nitrogens with one attached hydrogen (secondary N) is 1. The second-order valence-electron chi connectivity index (χ2n) is 3.04. The number of nitrogens with zero attached hydrogens (tertiary/aromatic N) is 2. The molecular weight excluding hydrogens is 212 g/mol. The highest BCUT2D eigenvalue weighted by atomic mass is 32.1. The van der Waals surface area contributed by atoms with Gasteiger partial charge in [0, 0.05) is 19.6 Å². The van der Waals surface area contributed by atoms with Crippen LogP contribution in [0.5, 0.6) is 0 Å². The van der Waals surface area contributed by atoms with E-state index in [1.807, 2.05) is 4.90 Å². The number of morpholine rings is 1. The van der Waals surface area contributed by atoms with Crippen LogP contribution in [0.1, 0.15) is 0 Å². The maximum Gasteiger partial charge on any atom is 0.198 e. The molecule has 1 fully saturated rings. The largest absolute Gasteiger partial charge is 0.378 e. The van der Waals surface area contributed by atoms with E-state index < -0.39 is 0 Å². The molecule has 0 aromatic heterocycles. The first kappa shape index (κ1) is 11.9. The summed E-state index contributed by atoms with van der Waals surface area (Å²) in [7, 11) is 0. The molecule has 5 nitrogen and oxygen atoms in total. The van der Waals surface area contributed by atoms with Gasteiger partial charge in [-0.15, -0.1) is 6.58 Å². The van der Waals surface area contributed by atoms with Crippen LogP contribution in [0.3, 0.4) is 0 Å². The summed E-state index contributed by atoms with van der Waals surface area (Å²) >= 11 is 4.98. The van der Waals surface area contributed by atoms with Crippen molar-refractivity contribution in [3.63, 3.8) is 0 Å². The maximum absolute atomic E-state index is 5.79. The molecule has 1 aliphatic heterocycles. The molecule has 3 N–H and O–H groups in total. The van der Waals surface area contributed by atoms with Crippen LogP contribution in [0.2, 0.25) is 0 Å². The fraction of sp³-hybridized carbons (Fsp3) is 0.556. The van der Waals surface area contributed by atoms with Crippen LogP contribution < -0.4 is 11.1 Å². The summed E-state index contributed by atoms with van der Waals surface area (Å²) in [6.07, 6.45) is 1.72. The average molecular weight is 228 g/mol. The lowest BCUT2D eigenvalue weighted by Gasteiger charge is -2.27. The van der Waals surface area contributed by atoms with Gasteiger partial charge in [0.05, 0.1) is 13.2 Å². The summed E-state index contributed by atoms with van der Waals surface area (Å²) < 4.78 is 5.21. The van der Waals surface area contributed by atoms with Crippen molar-refractivity contribution in [1.82, 2.24) is 10.2 Å². The normalized spacial score (nSPS) is 17.3. The highest BCUT2D eigenvalue weighted by molar-refractivity contribution is 7.80. The molecule has 6 heteroatoms. The molecule has 1 rings (SSSR count). The maximum atomic E-state index is 5.79. The number of thiocarbonyl (C=S) groups is 1. The Kier molecular flexibility index (Phi) is 5.06. The van der Waals surface area contributed by atoms with Gasteiger partial charge in [0.25, 0.3) is 0 Å². The van der Waals surface area contributed by atoms with Crippen LogP contribution >= 0.6 is 12.2 Å². The van der Waals surface area contributed by atoms with Crippen molar-refractivity contribution in [2.75, 3.05) is 32.8 Å². The molecule has 0 aromatic carbocycles. The molecule has 0 unspecified atom stereocenters. The van der Waals surface area contributed by atoms with E-state index in [-0.39, 0.29) is 0 Å². The average Bonchev–Trinajstić information content (AvgIpc) is 2.27. The number of rotatable bonds is 2. The lowest BCUT2D eigenvalue weighted by molar-refractivity contribution is 0.0676. The fourth-order valence-electron chi connectivity index (χ4n) is 1.17. The molecule has 0 bridgehead atoms. The molecule has 0 amide bonds. The van der Waals surface area contributed by atoms with Crippen molar-refractivity contribution in [3.8, 4) is 0 Å². The SMILES string of the molecule is C=CCNC(=S)N=C(N)N1CCOCC1. The van der Waals surface area contributed by atoms with Gasteiger partial charge in [0.1, 0.15) is 0 Å². The second kappa shape index (κ2) is 6.36. The fourth-order valence-corrected chi connectivity index (χ4v) is 1.34. The molecule has 1 saturated heterocycles. The van der Waals surface area contributed by atoms with Gasteiger partial charge < -0.3 is 20.7 Å². The third-order valence-corrected chi connectivity index (χ3v) is 2.18. The van der Waals surface area contributed by atoms with Crippen LogP contribution in [0.4, 0.5) is 0 Å². The van der Waals surface area contributed by atoms with Crippen molar-refractivity contribution < 1.29 is 4.74 Å². The summed E-state index contributed by atoms with van der Waals surface area (Å²) in [4.78, 5) is 6.03. The van der Waals surface area contributed by atoms with E-state index in [4.69, 9.17) is 22.7 Å². The van der Waals surface area contributed by atoms with Crippen molar-refractivity contribution in [1.29, 1.82) is 0 Å². The predicted molar refractivity (Wildman–Crippen MR) is 64.8 cm³/mol. The van der Waals surface area contributed by atoms with Crippen LogP contribution in [0, 0.1) is 0 Å². The number of aliphatic imine (C=N–C) groups is 1. The topological polar surface area (TPSA) is 62.9 Å². The molecule has 1 aliphatic rings. The van der Waals surface area contributed by atoms with Crippen LogP contribution in [-0.4, -0.2) is 48.8 Å². The van der Waals surface area contributed by atoms with E-state index in [0.29, 0.717) is 30.8 Å². The zero-order valence-corrected chi connectivity index (χ0v) is 9.42. The second-order valence-corrected chi connectivity index (χ2v) is 3.43. The third-order valence-electron chi connectivity index (χ3n) is 1.95. The first-order chi connectivity index (χ1) is 7.24. The van der Waals surface area contributed by atoms with E-state index in [9.17, 15) is 0 Å². The van der Waals surface area contributed by atoms with Gasteiger partial charge in [-0.25, -0.2) is 0 Å². The van der Waals surface area contributed by atoms with Gasteiger partial charge in [-0.3, -0.25) is 0 Å². The quantitative estimate of drug-likeness (QED) is 0.294. The molecule has 84 valence electrons. The molecule has 0 radical (unpaired) electrons. The van der Waals surface area contributed by atoms with Crippen molar-refractivity contribution in [3.05, 3.63) is 12.7 Å². The Balaban J connectivity index is 2.42. The Morgan fingerprint density at radius 2 is 2.27 bits per heavy atom. The van der Waals surface area contributed by atoms with Gasteiger partial charge in [-0.2, -0.15) is 4.99 Å².